The topological polar surface area (TPSA) is 55.1 Å². The number of carbonyl (C=O) groups is 1. The van der Waals surface area contributed by atoms with Gasteiger partial charge >= 0.3 is 6.18 Å². The van der Waals surface area contributed by atoms with Crippen molar-refractivity contribution in [2.75, 3.05) is 6.54 Å². The van der Waals surface area contributed by atoms with Gasteiger partial charge in [-0.05, 0) is 37.8 Å². The highest BCUT2D eigenvalue weighted by atomic mass is 19.4. The van der Waals surface area contributed by atoms with Crippen LogP contribution in [0.15, 0.2) is 24.3 Å². The number of hydrogen-bond donors (Lipinski definition) is 2. The van der Waals surface area contributed by atoms with E-state index < -0.39 is 11.7 Å². The summed E-state index contributed by atoms with van der Waals surface area (Å²) in [6, 6.07) is 5.42. The molecule has 23 heavy (non-hydrogen) atoms. The summed E-state index contributed by atoms with van der Waals surface area (Å²) in [5.74, 6) is -0.0967. The molecule has 0 saturated heterocycles. The highest BCUT2D eigenvalue weighted by Crippen LogP contribution is 2.44. The summed E-state index contributed by atoms with van der Waals surface area (Å²) in [4.78, 5) is 11.8. The Morgan fingerprint density at radius 1 is 1.39 bits per heavy atom. The van der Waals surface area contributed by atoms with E-state index in [2.05, 4.69) is 5.32 Å². The second-order valence-corrected chi connectivity index (χ2v) is 6.51. The number of rotatable bonds is 6. The van der Waals surface area contributed by atoms with E-state index in [-0.39, 0.29) is 17.4 Å². The van der Waals surface area contributed by atoms with E-state index in [9.17, 15) is 18.0 Å². The van der Waals surface area contributed by atoms with Crippen LogP contribution >= 0.6 is 0 Å². The molecule has 1 aromatic carbocycles. The predicted octanol–water partition coefficient (Wildman–Crippen LogP) is 3.37. The molecule has 0 aromatic heterocycles. The molecule has 3 nitrogen and oxygen atoms in total. The third-order valence-electron chi connectivity index (χ3n) is 4.56. The number of nitrogens with one attached hydrogen (secondary N) is 1. The van der Waals surface area contributed by atoms with E-state index >= 15 is 0 Å². The minimum Gasteiger partial charge on any atom is -0.355 e. The monoisotopic (exact) mass is 328 g/mol. The lowest BCUT2D eigenvalue weighted by molar-refractivity contribution is -0.137. The maximum atomic E-state index is 12.9. The number of hydrogen-bond acceptors (Lipinski definition) is 2. The zero-order valence-corrected chi connectivity index (χ0v) is 13.2. The molecule has 1 aromatic rings. The fourth-order valence-electron chi connectivity index (χ4n) is 2.91. The first-order valence-corrected chi connectivity index (χ1v) is 7.93. The van der Waals surface area contributed by atoms with Gasteiger partial charge in [0.15, 0.2) is 0 Å². The summed E-state index contributed by atoms with van der Waals surface area (Å²) < 4.78 is 38.7. The minimum absolute atomic E-state index is 0.0399. The normalized spacial score (nSPS) is 18.1. The van der Waals surface area contributed by atoms with Gasteiger partial charge in [0, 0.05) is 24.4 Å². The molecule has 0 spiro atoms. The van der Waals surface area contributed by atoms with Crippen LogP contribution in [0.25, 0.3) is 0 Å². The quantitative estimate of drug-likeness (QED) is 0.841. The molecule has 1 amide bonds. The molecule has 3 N–H and O–H groups in total. The smallest absolute Gasteiger partial charge is 0.355 e. The molecule has 0 bridgehead atoms. The standard InChI is InChI=1S/C17H23F3N2O/c1-12(21)6-7-15(23)22-11-16(8-3-9-16)13-4-2-5-14(10-13)17(18,19)20/h2,4-5,10,12H,3,6-9,11,21H2,1H3,(H,22,23). The number of alkyl halides is 3. The second kappa shape index (κ2) is 6.91. The van der Waals surface area contributed by atoms with Crippen LogP contribution in [-0.2, 0) is 16.4 Å². The van der Waals surface area contributed by atoms with Gasteiger partial charge in [0.25, 0.3) is 0 Å². The van der Waals surface area contributed by atoms with Crippen LogP contribution in [0.2, 0.25) is 0 Å². The van der Waals surface area contributed by atoms with Crippen molar-refractivity contribution < 1.29 is 18.0 Å². The van der Waals surface area contributed by atoms with E-state index in [4.69, 9.17) is 5.73 Å². The van der Waals surface area contributed by atoms with E-state index in [1.807, 2.05) is 6.92 Å². The Morgan fingerprint density at radius 3 is 2.61 bits per heavy atom. The zero-order valence-electron chi connectivity index (χ0n) is 13.2. The predicted molar refractivity (Wildman–Crippen MR) is 82.9 cm³/mol. The van der Waals surface area contributed by atoms with Gasteiger partial charge in [-0.1, -0.05) is 24.6 Å². The zero-order chi connectivity index (χ0) is 17.1. The van der Waals surface area contributed by atoms with Crippen molar-refractivity contribution in [2.45, 2.75) is 56.7 Å². The molecular weight excluding hydrogens is 305 g/mol. The van der Waals surface area contributed by atoms with Crippen LogP contribution in [-0.4, -0.2) is 18.5 Å². The Morgan fingerprint density at radius 2 is 2.09 bits per heavy atom. The lowest BCUT2D eigenvalue weighted by atomic mass is 9.64. The number of benzene rings is 1. The van der Waals surface area contributed by atoms with E-state index in [1.165, 1.54) is 12.1 Å². The molecule has 0 radical (unpaired) electrons. The van der Waals surface area contributed by atoms with Crippen molar-refractivity contribution >= 4 is 5.91 Å². The average molecular weight is 328 g/mol. The van der Waals surface area contributed by atoms with Crippen LogP contribution in [0, 0.1) is 0 Å². The van der Waals surface area contributed by atoms with Crippen molar-refractivity contribution in [3.8, 4) is 0 Å². The summed E-state index contributed by atoms with van der Waals surface area (Å²) in [5, 5.41) is 2.86. The first-order valence-electron chi connectivity index (χ1n) is 7.93. The molecular formula is C17H23F3N2O. The third kappa shape index (κ3) is 4.47. The molecule has 1 aliphatic rings. The van der Waals surface area contributed by atoms with Gasteiger partial charge in [-0.25, -0.2) is 0 Å². The first-order chi connectivity index (χ1) is 10.7. The van der Waals surface area contributed by atoms with Crippen molar-refractivity contribution in [2.24, 2.45) is 5.73 Å². The fourth-order valence-corrected chi connectivity index (χ4v) is 2.91. The van der Waals surface area contributed by atoms with Crippen LogP contribution in [0.5, 0.6) is 0 Å². The Kier molecular flexibility index (Phi) is 5.34. The summed E-state index contributed by atoms with van der Waals surface area (Å²) in [7, 11) is 0. The molecule has 6 heteroatoms. The van der Waals surface area contributed by atoms with Gasteiger partial charge in [0.05, 0.1) is 5.56 Å². The Hall–Kier alpha value is -1.56. The largest absolute Gasteiger partial charge is 0.416 e. The SMILES string of the molecule is CC(N)CCC(=O)NCC1(c2cccc(C(F)(F)F)c2)CCC1. The molecule has 128 valence electrons. The molecule has 2 rings (SSSR count). The van der Waals surface area contributed by atoms with E-state index in [0.717, 1.165) is 25.3 Å². The lowest BCUT2D eigenvalue weighted by Gasteiger charge is -2.43. The Balaban J connectivity index is 2.05. The molecule has 1 aliphatic carbocycles. The molecule has 1 unspecified atom stereocenters. The summed E-state index contributed by atoms with van der Waals surface area (Å²) in [5.41, 5.74) is 5.28. The van der Waals surface area contributed by atoms with Crippen molar-refractivity contribution in [3.05, 3.63) is 35.4 Å². The second-order valence-electron chi connectivity index (χ2n) is 6.51. The van der Waals surface area contributed by atoms with Crippen molar-refractivity contribution in [1.82, 2.24) is 5.32 Å². The van der Waals surface area contributed by atoms with Crippen molar-refractivity contribution in [1.29, 1.82) is 0 Å². The Labute approximate surface area is 134 Å². The summed E-state index contributed by atoms with van der Waals surface area (Å²) in [6.45, 7) is 2.22. The average Bonchev–Trinajstić information content (AvgIpc) is 2.43. The van der Waals surface area contributed by atoms with Gasteiger partial charge in [0.2, 0.25) is 5.91 Å². The maximum absolute atomic E-state index is 12.9. The highest BCUT2D eigenvalue weighted by molar-refractivity contribution is 5.76. The lowest BCUT2D eigenvalue weighted by Crippen LogP contribution is -2.45. The highest BCUT2D eigenvalue weighted by Gasteiger charge is 2.40. The van der Waals surface area contributed by atoms with Gasteiger partial charge < -0.3 is 11.1 Å². The van der Waals surface area contributed by atoms with Crippen molar-refractivity contribution in [3.63, 3.8) is 0 Å². The summed E-state index contributed by atoms with van der Waals surface area (Å²) in [6.07, 6.45) is -0.851. The molecule has 0 aliphatic heterocycles. The van der Waals surface area contributed by atoms with Gasteiger partial charge in [-0.15, -0.1) is 0 Å². The molecule has 1 fully saturated rings. The third-order valence-corrected chi connectivity index (χ3v) is 4.56. The fraction of sp³-hybridized carbons (Fsp3) is 0.588. The van der Waals surface area contributed by atoms with Crippen LogP contribution in [0.3, 0.4) is 0 Å². The van der Waals surface area contributed by atoms with Gasteiger partial charge in [0.1, 0.15) is 0 Å². The molecule has 0 heterocycles. The maximum Gasteiger partial charge on any atom is 0.416 e. The number of halogens is 3. The number of amides is 1. The Bertz CT molecular complexity index is 551. The number of carbonyl (C=O) groups excluding carboxylic acids is 1. The summed E-state index contributed by atoms with van der Waals surface area (Å²) >= 11 is 0. The molecule has 1 saturated carbocycles. The number of nitrogens with two attached hydrogens (primary N) is 1. The van der Waals surface area contributed by atoms with Crippen LogP contribution in [0.1, 0.15) is 50.2 Å². The van der Waals surface area contributed by atoms with E-state index in [1.54, 1.807) is 6.07 Å². The first kappa shape index (κ1) is 17.8. The van der Waals surface area contributed by atoms with Crippen LogP contribution < -0.4 is 11.1 Å². The van der Waals surface area contributed by atoms with Gasteiger partial charge in [-0.2, -0.15) is 13.2 Å². The van der Waals surface area contributed by atoms with Gasteiger partial charge in [-0.3, -0.25) is 4.79 Å². The van der Waals surface area contributed by atoms with Crippen LogP contribution in [0.4, 0.5) is 13.2 Å². The van der Waals surface area contributed by atoms with E-state index in [0.29, 0.717) is 24.9 Å². The molecule has 1 atom stereocenters. The minimum atomic E-state index is -4.35.